The van der Waals surface area contributed by atoms with E-state index in [1.165, 1.54) is 11.3 Å². The van der Waals surface area contributed by atoms with Crippen LogP contribution in [0, 0.1) is 5.92 Å². The van der Waals surface area contributed by atoms with Gasteiger partial charge in [-0.3, -0.25) is 9.48 Å². The number of fused-ring (bicyclic) bond motifs is 1. The van der Waals surface area contributed by atoms with E-state index in [-0.39, 0.29) is 18.6 Å². The summed E-state index contributed by atoms with van der Waals surface area (Å²) in [6.07, 6.45) is 11.3. The molecule has 1 aliphatic carbocycles. The molecule has 0 spiro atoms. The van der Waals surface area contributed by atoms with Crippen molar-refractivity contribution in [2.24, 2.45) is 13.0 Å². The number of thiophene rings is 1. The monoisotopic (exact) mass is 408 g/mol. The second-order valence-corrected chi connectivity index (χ2v) is 8.28. The Labute approximate surface area is 170 Å². The summed E-state index contributed by atoms with van der Waals surface area (Å²) in [6, 6.07) is 1.70. The third kappa shape index (κ3) is 3.43. The van der Waals surface area contributed by atoms with Gasteiger partial charge in [0.1, 0.15) is 0 Å². The smallest absolute Gasteiger partial charge is 0.261 e. The molecule has 2 N–H and O–H groups in total. The number of amides is 1. The minimum atomic E-state index is -0.155. The van der Waals surface area contributed by atoms with Gasteiger partial charge in [0, 0.05) is 42.3 Å². The van der Waals surface area contributed by atoms with Crippen LogP contribution in [0.2, 0.25) is 0 Å². The molecule has 8 nitrogen and oxygen atoms in total. The van der Waals surface area contributed by atoms with Gasteiger partial charge in [-0.1, -0.05) is 0 Å². The van der Waals surface area contributed by atoms with Crippen molar-refractivity contribution in [3.63, 3.8) is 0 Å². The van der Waals surface area contributed by atoms with E-state index in [2.05, 4.69) is 20.5 Å². The molecule has 9 heteroatoms. The van der Waals surface area contributed by atoms with Crippen molar-refractivity contribution < 1.29 is 9.90 Å². The van der Waals surface area contributed by atoms with Gasteiger partial charge in [-0.25, -0.2) is 9.50 Å². The molecule has 0 radical (unpaired) electrons. The third-order valence-corrected chi connectivity index (χ3v) is 6.16. The van der Waals surface area contributed by atoms with Crippen LogP contribution >= 0.6 is 11.3 Å². The summed E-state index contributed by atoms with van der Waals surface area (Å²) in [5.41, 5.74) is 4.42. The van der Waals surface area contributed by atoms with E-state index >= 15 is 0 Å². The maximum atomic E-state index is 12.5. The summed E-state index contributed by atoms with van der Waals surface area (Å²) in [4.78, 5) is 17.7. The lowest BCUT2D eigenvalue weighted by Gasteiger charge is -2.14. The van der Waals surface area contributed by atoms with Crippen molar-refractivity contribution in [1.82, 2.24) is 29.7 Å². The molecular formula is C20H20N6O2S. The molecule has 4 heterocycles. The zero-order valence-electron chi connectivity index (χ0n) is 15.8. The van der Waals surface area contributed by atoms with E-state index < -0.39 is 0 Å². The van der Waals surface area contributed by atoms with Crippen LogP contribution in [0.1, 0.15) is 22.5 Å². The highest BCUT2D eigenvalue weighted by molar-refractivity contribution is 7.12. The largest absolute Gasteiger partial charge is 0.394 e. The van der Waals surface area contributed by atoms with Crippen LogP contribution < -0.4 is 5.32 Å². The lowest BCUT2D eigenvalue weighted by molar-refractivity contribution is 0.0912. The number of carbonyl (C=O) groups excluding carboxylic acids is 1. The second kappa shape index (κ2) is 7.09. The van der Waals surface area contributed by atoms with Gasteiger partial charge in [-0.15, -0.1) is 11.3 Å². The maximum Gasteiger partial charge on any atom is 0.261 e. The predicted octanol–water partition coefficient (Wildman–Crippen LogP) is 2.36. The van der Waals surface area contributed by atoms with Gasteiger partial charge in [0.05, 0.1) is 29.9 Å². The van der Waals surface area contributed by atoms with Crippen molar-refractivity contribution in [2.45, 2.75) is 18.9 Å². The number of aryl methyl sites for hydroxylation is 1. The minimum absolute atomic E-state index is 0.0219. The van der Waals surface area contributed by atoms with Crippen LogP contribution in [0.5, 0.6) is 0 Å². The molecule has 0 aliphatic heterocycles. The molecule has 0 bridgehead atoms. The minimum Gasteiger partial charge on any atom is -0.394 e. The molecule has 4 aromatic heterocycles. The number of hydrogen-bond donors (Lipinski definition) is 2. The van der Waals surface area contributed by atoms with Crippen molar-refractivity contribution in [3.05, 3.63) is 47.3 Å². The Kier molecular flexibility index (Phi) is 4.40. The van der Waals surface area contributed by atoms with Crippen LogP contribution in [0.25, 0.3) is 27.9 Å². The number of hydrogen-bond acceptors (Lipinski definition) is 6. The average Bonchev–Trinajstić information content (AvgIpc) is 3.12. The Morgan fingerprint density at radius 3 is 2.79 bits per heavy atom. The number of nitrogens with zero attached hydrogens (tertiary/aromatic N) is 5. The van der Waals surface area contributed by atoms with Crippen molar-refractivity contribution in [2.75, 3.05) is 6.61 Å². The Hall–Kier alpha value is -3.04. The van der Waals surface area contributed by atoms with Gasteiger partial charge in [0.2, 0.25) is 0 Å². The van der Waals surface area contributed by atoms with Crippen molar-refractivity contribution >= 4 is 22.9 Å². The highest BCUT2D eigenvalue weighted by Crippen LogP contribution is 2.33. The van der Waals surface area contributed by atoms with E-state index in [4.69, 9.17) is 0 Å². The van der Waals surface area contributed by atoms with Crippen LogP contribution in [-0.4, -0.2) is 48.0 Å². The van der Waals surface area contributed by atoms with E-state index in [1.54, 1.807) is 27.8 Å². The summed E-state index contributed by atoms with van der Waals surface area (Å²) in [5, 5.41) is 23.0. The van der Waals surface area contributed by atoms with E-state index in [0.29, 0.717) is 10.8 Å². The molecule has 1 amide bonds. The molecule has 0 saturated heterocycles. The van der Waals surface area contributed by atoms with E-state index in [9.17, 15) is 9.90 Å². The molecule has 1 fully saturated rings. The van der Waals surface area contributed by atoms with Gasteiger partial charge >= 0.3 is 0 Å². The Morgan fingerprint density at radius 1 is 1.24 bits per heavy atom. The molecule has 1 unspecified atom stereocenters. The summed E-state index contributed by atoms with van der Waals surface area (Å²) >= 11 is 1.38. The summed E-state index contributed by atoms with van der Waals surface area (Å²) in [6.45, 7) is -0.0219. The maximum absolute atomic E-state index is 12.5. The first kappa shape index (κ1) is 18.0. The van der Waals surface area contributed by atoms with Crippen molar-refractivity contribution in [3.8, 4) is 22.3 Å². The first-order chi connectivity index (χ1) is 14.1. The second-order valence-electron chi connectivity index (χ2n) is 7.37. The quantitative estimate of drug-likeness (QED) is 0.510. The average molecular weight is 408 g/mol. The van der Waals surface area contributed by atoms with E-state index in [0.717, 1.165) is 40.7 Å². The SMILES string of the molecule is Cn1cc(-c2cnc3c(-c4csc(C(=O)NC(CO)C5CC5)c4)cnn3c2)cn1. The number of aliphatic hydroxyl groups excluding tert-OH is 1. The molecule has 29 heavy (non-hydrogen) atoms. The molecule has 1 atom stereocenters. The molecule has 0 aromatic carbocycles. The fourth-order valence-corrected chi connectivity index (χ4v) is 4.25. The number of aromatic nitrogens is 5. The predicted molar refractivity (Wildman–Crippen MR) is 110 cm³/mol. The Morgan fingerprint density at radius 2 is 2.07 bits per heavy atom. The molecule has 5 rings (SSSR count). The van der Waals surface area contributed by atoms with Crippen LogP contribution in [0.3, 0.4) is 0 Å². The fraction of sp³-hybridized carbons (Fsp3) is 0.300. The normalized spacial score (nSPS) is 15.0. The van der Waals surface area contributed by atoms with Crippen LogP contribution in [0.4, 0.5) is 0 Å². The summed E-state index contributed by atoms with van der Waals surface area (Å²) in [7, 11) is 1.87. The highest BCUT2D eigenvalue weighted by Gasteiger charge is 2.32. The van der Waals surface area contributed by atoms with Crippen molar-refractivity contribution in [1.29, 1.82) is 0 Å². The molecule has 4 aromatic rings. The van der Waals surface area contributed by atoms with Gasteiger partial charge in [0.15, 0.2) is 5.65 Å². The van der Waals surface area contributed by atoms with E-state index in [1.807, 2.05) is 30.9 Å². The fourth-order valence-electron chi connectivity index (χ4n) is 3.44. The lowest BCUT2D eigenvalue weighted by Crippen LogP contribution is -2.38. The molecule has 148 valence electrons. The number of nitrogens with one attached hydrogen (secondary N) is 1. The third-order valence-electron chi connectivity index (χ3n) is 5.23. The van der Waals surface area contributed by atoms with Gasteiger partial charge in [0.25, 0.3) is 5.91 Å². The highest BCUT2D eigenvalue weighted by atomic mass is 32.1. The first-order valence-electron chi connectivity index (χ1n) is 9.45. The van der Waals surface area contributed by atoms with Gasteiger partial charge in [-0.05, 0) is 35.8 Å². The topological polar surface area (TPSA) is 97.3 Å². The Balaban J connectivity index is 1.40. The standard InChI is InChI=1S/C20H20N6O2S/c1-25-8-15(6-22-25)14-5-21-19-16(7-23-26(19)9-14)13-4-18(29-11-13)20(28)24-17(10-27)12-2-3-12/h4-9,11-12,17,27H,2-3,10H2,1H3,(H,24,28). The van der Waals surface area contributed by atoms with Gasteiger partial charge in [-0.2, -0.15) is 10.2 Å². The molecule has 1 aliphatic rings. The van der Waals surface area contributed by atoms with Crippen LogP contribution in [-0.2, 0) is 7.05 Å². The van der Waals surface area contributed by atoms with Crippen LogP contribution in [0.15, 0.2) is 42.4 Å². The zero-order chi connectivity index (χ0) is 20.0. The lowest BCUT2D eigenvalue weighted by atomic mass is 10.1. The summed E-state index contributed by atoms with van der Waals surface area (Å²) in [5.74, 6) is 0.261. The number of rotatable bonds is 6. The Bertz CT molecular complexity index is 1190. The number of aliphatic hydroxyl groups is 1. The zero-order valence-corrected chi connectivity index (χ0v) is 16.6. The molecule has 1 saturated carbocycles. The summed E-state index contributed by atoms with van der Waals surface area (Å²) < 4.78 is 3.49. The number of carbonyl (C=O) groups is 1. The first-order valence-corrected chi connectivity index (χ1v) is 10.3. The molecular weight excluding hydrogens is 388 g/mol. The van der Waals surface area contributed by atoms with Gasteiger partial charge < -0.3 is 10.4 Å².